The van der Waals surface area contributed by atoms with E-state index in [0.717, 1.165) is 32.5 Å². The van der Waals surface area contributed by atoms with Crippen molar-refractivity contribution in [1.29, 1.82) is 0 Å². The summed E-state index contributed by atoms with van der Waals surface area (Å²) in [5.74, 6) is -4.95. The normalized spacial score (nSPS) is 19.2. The molecule has 0 saturated carbocycles. The monoisotopic (exact) mass is 763 g/mol. The molecule has 4 heterocycles. The smallest absolute Gasteiger partial charge is 0.456 e. The largest absolute Gasteiger partial charge is 0.483 e. The number of carbonyl (C=O) groups is 1. The summed E-state index contributed by atoms with van der Waals surface area (Å²) in [6, 6.07) is 1.68. The van der Waals surface area contributed by atoms with Gasteiger partial charge in [0.15, 0.2) is 12.4 Å². The summed E-state index contributed by atoms with van der Waals surface area (Å²) in [5, 5.41) is 0.394. The lowest BCUT2D eigenvalue weighted by Crippen LogP contribution is -2.62. The molecule has 272 valence electrons. The van der Waals surface area contributed by atoms with Crippen LogP contribution in [0.5, 0.6) is 11.8 Å². The number of fused-ring (bicyclic) bond motifs is 1. The first-order chi connectivity index (χ1) is 22.9. The molecule has 1 spiro atoms. The number of anilines is 1. The fourth-order valence-electron chi connectivity index (χ4n) is 6.36. The van der Waals surface area contributed by atoms with Crippen LogP contribution in [0.25, 0.3) is 17.0 Å². The lowest BCUT2D eigenvalue weighted by molar-refractivity contribution is -0.289. The number of alkyl halides is 5. The van der Waals surface area contributed by atoms with Gasteiger partial charge < -0.3 is 33.6 Å². The molecule has 0 atom stereocenters. The number of benzene rings is 1. The number of aromatic nitrogens is 2. The molecule has 3 aliphatic heterocycles. The zero-order valence-electron chi connectivity index (χ0n) is 28.2. The molecule has 0 radical (unpaired) electrons. The van der Waals surface area contributed by atoms with Gasteiger partial charge in [-0.2, -0.15) is 31.9 Å². The van der Waals surface area contributed by atoms with Gasteiger partial charge >= 0.3 is 24.2 Å². The van der Waals surface area contributed by atoms with Crippen LogP contribution in [-0.2, 0) is 9.47 Å². The summed E-state index contributed by atoms with van der Waals surface area (Å²) in [7, 11) is 1.65. The number of carbonyl (C=O) groups excluding carboxylic acids is 1. The molecule has 3 fully saturated rings. The minimum absolute atomic E-state index is 0.0245. The summed E-state index contributed by atoms with van der Waals surface area (Å²) in [4.78, 5) is 27.9. The van der Waals surface area contributed by atoms with E-state index in [4.69, 9.17) is 23.9 Å². The average molecular weight is 765 g/mol. The molecule has 1 amide bonds. The van der Waals surface area contributed by atoms with E-state index >= 15 is 0 Å². The lowest BCUT2D eigenvalue weighted by Gasteiger charge is -2.53. The van der Waals surface area contributed by atoms with Crippen molar-refractivity contribution in [3.8, 4) is 11.8 Å². The Hall–Kier alpha value is -2.98. The lowest BCUT2D eigenvalue weighted by atomic mass is 9.72. The minimum atomic E-state index is -5.80. The number of piperidine rings is 2. The first-order valence-electron chi connectivity index (χ1n) is 16.3. The molecule has 2 aromatic rings. The Morgan fingerprint density at radius 3 is 2.31 bits per heavy atom. The molecular weight excluding hydrogens is 721 g/mol. The van der Waals surface area contributed by atoms with Gasteiger partial charge in [0.25, 0.3) is 0 Å². The maximum Gasteiger partial charge on any atom is 0.456 e. The van der Waals surface area contributed by atoms with Crippen molar-refractivity contribution in [1.82, 2.24) is 19.8 Å². The third-order valence-corrected chi connectivity index (χ3v) is 9.97. The van der Waals surface area contributed by atoms with Crippen molar-refractivity contribution in [3.63, 3.8) is 0 Å². The Labute approximate surface area is 291 Å². The molecule has 0 aliphatic carbocycles. The van der Waals surface area contributed by atoms with Crippen molar-refractivity contribution >= 4 is 44.8 Å². The van der Waals surface area contributed by atoms with Crippen molar-refractivity contribution in [3.05, 3.63) is 22.7 Å². The van der Waals surface area contributed by atoms with Crippen LogP contribution in [0.1, 0.15) is 52.0 Å². The van der Waals surface area contributed by atoms with Crippen LogP contribution in [0.4, 0.5) is 32.6 Å². The maximum atomic E-state index is 14.1. The fraction of sp³-hybridized carbons (Fsp3) is 0.667. The standard InChI is InChI=1S/C33H43BrF5N5O5/c1-6-21-17-23-25(26(24(21)34)47-20-32(35,36)33(37,38)39)40-28(48-22-7-11-42(12-8-22)15-16-46-5)41-27(23)43-13-9-31(10-14-43)18-44(19-31)29(45)49-30(2,3)4/h6,17,22H,1,7-16,18-20H2,2-5H3. The molecule has 1 aromatic heterocycles. The highest BCUT2D eigenvalue weighted by Crippen LogP contribution is 2.46. The first kappa shape index (κ1) is 37.3. The van der Waals surface area contributed by atoms with Gasteiger partial charge in [0.2, 0.25) is 0 Å². The first-order valence-corrected chi connectivity index (χ1v) is 17.1. The second kappa shape index (κ2) is 14.3. The van der Waals surface area contributed by atoms with Gasteiger partial charge in [-0.25, -0.2) is 4.79 Å². The molecule has 0 bridgehead atoms. The van der Waals surface area contributed by atoms with Gasteiger partial charge in [0.1, 0.15) is 23.0 Å². The summed E-state index contributed by atoms with van der Waals surface area (Å²) in [6.07, 6.45) is -2.11. The Bertz CT molecular complexity index is 1510. The second-order valence-corrected chi connectivity index (χ2v) is 14.8. The molecule has 49 heavy (non-hydrogen) atoms. The maximum absolute atomic E-state index is 14.1. The molecule has 5 rings (SSSR count). The van der Waals surface area contributed by atoms with Gasteiger partial charge in [0, 0.05) is 63.7 Å². The summed E-state index contributed by atoms with van der Waals surface area (Å²) >= 11 is 3.32. The number of nitrogens with zero attached hydrogens (tertiary/aromatic N) is 5. The van der Waals surface area contributed by atoms with Crippen LogP contribution in [-0.4, -0.2) is 116 Å². The molecule has 3 saturated heterocycles. The number of amides is 1. The number of likely N-dealkylation sites (tertiary alicyclic amines) is 2. The Morgan fingerprint density at radius 2 is 1.73 bits per heavy atom. The zero-order valence-corrected chi connectivity index (χ0v) is 29.8. The van der Waals surface area contributed by atoms with E-state index in [9.17, 15) is 26.7 Å². The second-order valence-electron chi connectivity index (χ2n) is 14.0. The predicted octanol–water partition coefficient (Wildman–Crippen LogP) is 6.94. The van der Waals surface area contributed by atoms with E-state index in [1.165, 1.54) is 6.08 Å². The highest BCUT2D eigenvalue weighted by atomic mass is 79.9. The summed E-state index contributed by atoms with van der Waals surface area (Å²) in [6.45, 7) is 12.5. The van der Waals surface area contributed by atoms with E-state index in [-0.39, 0.29) is 39.4 Å². The van der Waals surface area contributed by atoms with Crippen LogP contribution in [0, 0.1) is 5.41 Å². The zero-order chi connectivity index (χ0) is 35.8. The molecule has 3 aliphatic rings. The highest BCUT2D eigenvalue weighted by Gasteiger charge is 2.58. The van der Waals surface area contributed by atoms with Gasteiger partial charge in [-0.1, -0.05) is 12.7 Å². The van der Waals surface area contributed by atoms with Crippen LogP contribution >= 0.6 is 15.9 Å². The predicted molar refractivity (Wildman–Crippen MR) is 177 cm³/mol. The van der Waals surface area contributed by atoms with E-state index in [2.05, 4.69) is 32.4 Å². The van der Waals surface area contributed by atoms with Gasteiger partial charge in [0.05, 0.1) is 11.1 Å². The average Bonchev–Trinajstić information content (AvgIpc) is 3.01. The Morgan fingerprint density at radius 1 is 1.08 bits per heavy atom. The fourth-order valence-corrected chi connectivity index (χ4v) is 6.94. The third-order valence-electron chi connectivity index (χ3n) is 9.15. The molecule has 0 N–H and O–H groups in total. The Kier molecular flexibility index (Phi) is 10.9. The van der Waals surface area contributed by atoms with Crippen molar-refractivity contribution in [2.45, 2.75) is 70.3 Å². The van der Waals surface area contributed by atoms with Crippen LogP contribution < -0.4 is 14.4 Å². The van der Waals surface area contributed by atoms with Crippen molar-refractivity contribution in [2.24, 2.45) is 5.41 Å². The number of halogens is 6. The highest BCUT2D eigenvalue weighted by molar-refractivity contribution is 9.10. The SMILES string of the molecule is C=Cc1cc2c(N3CCC4(CC3)CN(C(=O)OC(C)(C)C)C4)nc(OC3CCN(CCOC)CC3)nc2c(OCC(F)(F)C(F)(F)F)c1Br. The molecule has 16 heteroatoms. The number of rotatable bonds is 10. The van der Waals surface area contributed by atoms with E-state index in [1.54, 1.807) is 18.1 Å². The van der Waals surface area contributed by atoms with Gasteiger partial charge in [-0.05, 0) is 74.0 Å². The molecule has 10 nitrogen and oxygen atoms in total. The van der Waals surface area contributed by atoms with Crippen molar-refractivity contribution < 1.29 is 45.7 Å². The number of hydrogen-bond donors (Lipinski definition) is 0. The molecular formula is C33H43BrF5N5O5. The summed E-state index contributed by atoms with van der Waals surface area (Å²) < 4.78 is 89.8. The van der Waals surface area contributed by atoms with E-state index in [1.807, 2.05) is 25.7 Å². The number of hydrogen-bond acceptors (Lipinski definition) is 9. The van der Waals surface area contributed by atoms with Crippen LogP contribution in [0.15, 0.2) is 17.1 Å². The Balaban J connectivity index is 1.44. The van der Waals surface area contributed by atoms with Crippen LogP contribution in [0.2, 0.25) is 0 Å². The van der Waals surface area contributed by atoms with Crippen molar-refractivity contribution in [2.75, 3.05) is 71.0 Å². The summed E-state index contributed by atoms with van der Waals surface area (Å²) in [5.41, 5.74) is -0.241. The quantitative estimate of drug-likeness (QED) is 0.239. The van der Waals surface area contributed by atoms with Crippen LogP contribution in [0.3, 0.4) is 0 Å². The molecule has 1 aromatic carbocycles. The minimum Gasteiger partial charge on any atom is -0.483 e. The van der Waals surface area contributed by atoms with Gasteiger partial charge in [-0.3, -0.25) is 0 Å². The molecule has 0 unspecified atom stereocenters. The van der Waals surface area contributed by atoms with E-state index in [0.29, 0.717) is 62.4 Å². The number of ether oxygens (including phenoxy) is 4. The number of methoxy groups -OCH3 is 1. The topological polar surface area (TPSA) is 89.5 Å². The third kappa shape index (κ3) is 8.50. The van der Waals surface area contributed by atoms with E-state index < -0.39 is 24.3 Å². The van der Waals surface area contributed by atoms with Gasteiger partial charge in [-0.15, -0.1) is 0 Å².